The van der Waals surface area contributed by atoms with Crippen molar-refractivity contribution in [2.24, 2.45) is 0 Å². The fourth-order valence-corrected chi connectivity index (χ4v) is 5.42. The lowest BCUT2D eigenvalue weighted by atomic mass is 9.98. The first-order valence-electron chi connectivity index (χ1n) is 13.5. The predicted octanol–water partition coefficient (Wildman–Crippen LogP) is 3.47. The Morgan fingerprint density at radius 3 is 2.35 bits per heavy atom. The zero-order valence-electron chi connectivity index (χ0n) is 23.2. The van der Waals surface area contributed by atoms with E-state index in [4.69, 9.17) is 0 Å². The highest BCUT2D eigenvalue weighted by molar-refractivity contribution is 5.91. The summed E-state index contributed by atoms with van der Waals surface area (Å²) in [6.45, 7) is -0.359. The van der Waals surface area contributed by atoms with Crippen molar-refractivity contribution in [2.75, 3.05) is 20.1 Å². The Morgan fingerprint density at radius 1 is 0.977 bits per heavy atom. The van der Waals surface area contributed by atoms with Gasteiger partial charge >= 0.3 is 12.4 Å². The Kier molecular flexibility index (Phi) is 8.44. The number of likely N-dealkylation sites (N-methyl/N-ethyl adjacent to an activating group) is 1. The largest absolute Gasteiger partial charge is 0.573 e. The molecule has 0 aliphatic carbocycles. The number of rotatable bonds is 7. The lowest BCUT2D eigenvalue weighted by Crippen LogP contribution is -2.76. The zero-order chi connectivity index (χ0) is 30.7. The predicted molar refractivity (Wildman–Crippen MR) is 148 cm³/mol. The minimum atomic E-state index is -4.94. The first-order chi connectivity index (χ1) is 20.5. The van der Waals surface area contributed by atoms with Crippen LogP contribution < -0.4 is 10.1 Å². The van der Waals surface area contributed by atoms with E-state index < -0.39 is 36.3 Å². The Balaban J connectivity index is 1.48. The fourth-order valence-electron chi connectivity index (χ4n) is 5.42. The molecule has 2 aliphatic rings. The minimum absolute atomic E-state index is 0.0245. The quantitative estimate of drug-likeness (QED) is 0.432. The van der Waals surface area contributed by atoms with Gasteiger partial charge in [-0.2, -0.15) is 0 Å². The average molecular weight is 598 g/mol. The van der Waals surface area contributed by atoms with Gasteiger partial charge in [0.05, 0.1) is 13.1 Å². The van der Waals surface area contributed by atoms with Gasteiger partial charge in [0.25, 0.3) is 0 Å². The summed E-state index contributed by atoms with van der Waals surface area (Å²) in [6.07, 6.45) is -5.83. The van der Waals surface area contributed by atoms with E-state index in [2.05, 4.69) is 10.1 Å². The number of piperazine rings is 1. The summed E-state index contributed by atoms with van der Waals surface area (Å²) >= 11 is 0. The molecule has 2 aliphatic heterocycles. The Labute approximate surface area is 245 Å². The maximum Gasteiger partial charge on any atom is 0.573 e. The van der Waals surface area contributed by atoms with Crippen LogP contribution in [-0.2, 0) is 29.1 Å². The lowest BCUT2D eigenvalue weighted by Gasteiger charge is -2.54. The van der Waals surface area contributed by atoms with Gasteiger partial charge in [-0.3, -0.25) is 9.59 Å². The molecule has 0 saturated carbocycles. The van der Waals surface area contributed by atoms with Gasteiger partial charge in [0, 0.05) is 32.1 Å². The van der Waals surface area contributed by atoms with Crippen molar-refractivity contribution in [1.29, 1.82) is 0 Å². The van der Waals surface area contributed by atoms with Crippen LogP contribution in [-0.4, -0.2) is 81.5 Å². The summed E-state index contributed by atoms with van der Waals surface area (Å²) in [4.78, 5) is 43.7. The smallest absolute Gasteiger partial charge is 0.508 e. The highest BCUT2D eigenvalue weighted by Crippen LogP contribution is 2.32. The monoisotopic (exact) mass is 597 g/mol. The van der Waals surface area contributed by atoms with Crippen molar-refractivity contribution >= 4 is 17.8 Å². The standard InChI is InChI=1S/C30H30F3N5O5/c1-35-19-27(40)37-24(15-20-11-13-23(39)14-12-20)28(41)36(17-22-9-5-6-10-25(22)43-30(31,32)33)18-26(37)38(35)29(42)34-16-21-7-3-2-4-8-21/h2-14,24,26,39H,15-19H2,1H3,(H,34,42)/t24-,26-/m0/s1. The number of ether oxygens (including phenoxy) is 1. The summed E-state index contributed by atoms with van der Waals surface area (Å²) in [5, 5.41) is 15.4. The number of fused-ring (bicyclic) bond motifs is 1. The van der Waals surface area contributed by atoms with Crippen LogP contribution in [0.1, 0.15) is 16.7 Å². The zero-order valence-corrected chi connectivity index (χ0v) is 23.2. The number of amides is 4. The van der Waals surface area contributed by atoms with Gasteiger partial charge in [-0.15, -0.1) is 13.2 Å². The van der Waals surface area contributed by atoms with E-state index in [1.807, 2.05) is 30.3 Å². The number of phenolic OH excluding ortho intramolecular Hbond substituents is 1. The number of nitrogens with zero attached hydrogens (tertiary/aromatic N) is 4. The number of carbonyl (C=O) groups is 3. The molecule has 0 radical (unpaired) electrons. The number of hydrogen-bond acceptors (Lipinski definition) is 6. The van der Waals surface area contributed by atoms with Crippen molar-refractivity contribution in [3.8, 4) is 11.5 Å². The third-order valence-electron chi connectivity index (χ3n) is 7.36. The number of alkyl halides is 3. The molecule has 2 saturated heterocycles. The molecule has 0 unspecified atom stereocenters. The molecule has 10 nitrogen and oxygen atoms in total. The van der Waals surface area contributed by atoms with Gasteiger partial charge < -0.3 is 25.0 Å². The lowest BCUT2D eigenvalue weighted by molar-refractivity contribution is -0.275. The van der Waals surface area contributed by atoms with Gasteiger partial charge in [0.1, 0.15) is 23.7 Å². The molecule has 2 fully saturated rings. The second-order valence-corrected chi connectivity index (χ2v) is 10.3. The molecule has 226 valence electrons. The highest BCUT2D eigenvalue weighted by atomic mass is 19.4. The molecular formula is C30H30F3N5O5. The third kappa shape index (κ3) is 6.83. The summed E-state index contributed by atoms with van der Waals surface area (Å²) in [7, 11) is 1.58. The normalized spacial score (nSPS) is 19.3. The highest BCUT2D eigenvalue weighted by Gasteiger charge is 2.50. The van der Waals surface area contributed by atoms with Crippen LogP contribution in [0.3, 0.4) is 0 Å². The number of aromatic hydroxyl groups is 1. The summed E-state index contributed by atoms with van der Waals surface area (Å²) < 4.78 is 43.6. The molecule has 0 bridgehead atoms. The van der Waals surface area contributed by atoms with Crippen molar-refractivity contribution in [3.63, 3.8) is 0 Å². The van der Waals surface area contributed by atoms with Crippen molar-refractivity contribution < 1.29 is 37.4 Å². The number of urea groups is 1. The van der Waals surface area contributed by atoms with Crippen LogP contribution in [0.15, 0.2) is 78.9 Å². The second kappa shape index (κ2) is 12.2. The van der Waals surface area contributed by atoms with Crippen molar-refractivity contribution in [1.82, 2.24) is 25.1 Å². The van der Waals surface area contributed by atoms with Gasteiger partial charge in [0.15, 0.2) is 0 Å². The Bertz CT molecular complexity index is 1470. The first kappa shape index (κ1) is 29.7. The van der Waals surface area contributed by atoms with Gasteiger partial charge in [-0.1, -0.05) is 60.7 Å². The van der Waals surface area contributed by atoms with Crippen LogP contribution >= 0.6 is 0 Å². The molecule has 2 atom stereocenters. The van der Waals surface area contributed by atoms with Gasteiger partial charge in [-0.25, -0.2) is 14.8 Å². The molecule has 4 amide bonds. The number of halogens is 3. The molecule has 3 aromatic rings. The van der Waals surface area contributed by atoms with Crippen LogP contribution in [0.2, 0.25) is 0 Å². The van der Waals surface area contributed by atoms with E-state index >= 15 is 0 Å². The minimum Gasteiger partial charge on any atom is -0.508 e. The van der Waals surface area contributed by atoms with Crippen LogP contribution in [0.25, 0.3) is 0 Å². The van der Waals surface area contributed by atoms with Crippen LogP contribution in [0, 0.1) is 0 Å². The molecular weight excluding hydrogens is 567 g/mol. The number of hydrogen-bond donors (Lipinski definition) is 2. The molecule has 13 heteroatoms. The summed E-state index contributed by atoms with van der Waals surface area (Å²) in [6, 6.07) is 19.3. The maximum absolute atomic E-state index is 14.0. The summed E-state index contributed by atoms with van der Waals surface area (Å²) in [5.74, 6) is -1.29. The van der Waals surface area contributed by atoms with Crippen molar-refractivity contribution in [3.05, 3.63) is 95.6 Å². The van der Waals surface area contributed by atoms with E-state index in [1.54, 1.807) is 19.2 Å². The second-order valence-electron chi connectivity index (χ2n) is 10.3. The number of nitrogens with one attached hydrogen (secondary N) is 1. The van der Waals surface area contributed by atoms with Gasteiger partial charge in [0.2, 0.25) is 11.8 Å². The molecule has 43 heavy (non-hydrogen) atoms. The van der Waals surface area contributed by atoms with E-state index in [0.29, 0.717) is 5.56 Å². The number of carbonyl (C=O) groups excluding carboxylic acids is 3. The Hall–Kier alpha value is -4.78. The summed E-state index contributed by atoms with van der Waals surface area (Å²) in [5.41, 5.74) is 1.61. The van der Waals surface area contributed by atoms with Crippen LogP contribution in [0.4, 0.5) is 18.0 Å². The number of benzene rings is 3. The van der Waals surface area contributed by atoms with E-state index in [1.165, 1.54) is 56.2 Å². The molecule has 3 aromatic carbocycles. The Morgan fingerprint density at radius 2 is 1.65 bits per heavy atom. The molecule has 5 rings (SSSR count). The fraction of sp³-hybridized carbons (Fsp3) is 0.300. The number of phenols is 1. The van der Waals surface area contributed by atoms with Crippen LogP contribution in [0.5, 0.6) is 11.5 Å². The van der Waals surface area contributed by atoms with Crippen molar-refractivity contribution in [2.45, 2.75) is 38.1 Å². The third-order valence-corrected chi connectivity index (χ3v) is 7.36. The maximum atomic E-state index is 14.0. The SMILES string of the molecule is CN1CC(=O)N2[C@@H](Cc3ccc(O)cc3)C(=O)N(Cc3ccccc3OC(F)(F)F)C[C@@H]2N1C(=O)NCc1ccccc1. The molecule has 2 N–H and O–H groups in total. The van der Waals surface area contributed by atoms with E-state index in [9.17, 15) is 32.7 Å². The number of hydrazine groups is 1. The molecule has 0 spiro atoms. The van der Waals surface area contributed by atoms with Gasteiger partial charge in [-0.05, 0) is 29.3 Å². The first-order valence-corrected chi connectivity index (χ1v) is 13.5. The molecule has 2 heterocycles. The average Bonchev–Trinajstić information content (AvgIpc) is 2.96. The topological polar surface area (TPSA) is 106 Å². The van der Waals surface area contributed by atoms with E-state index in [0.717, 1.165) is 5.56 Å². The number of para-hydroxylation sites is 1. The van der Waals surface area contributed by atoms with E-state index in [-0.39, 0.29) is 49.8 Å². The molecule has 0 aromatic heterocycles.